The molecular formula is C9H14F3NO. The molecule has 1 heterocycles. The molecule has 2 atom stereocenters. The van der Waals surface area contributed by atoms with Crippen molar-refractivity contribution in [3.63, 3.8) is 0 Å². The van der Waals surface area contributed by atoms with Crippen molar-refractivity contribution in [1.29, 1.82) is 0 Å². The molecule has 1 rings (SSSR count). The normalized spacial score (nSPS) is 25.2. The van der Waals surface area contributed by atoms with Gasteiger partial charge in [-0.3, -0.25) is 0 Å². The summed E-state index contributed by atoms with van der Waals surface area (Å²) in [5.41, 5.74) is 5.38. The molecule has 0 radical (unpaired) electrons. The van der Waals surface area contributed by atoms with Crippen LogP contribution in [-0.4, -0.2) is 18.3 Å². The van der Waals surface area contributed by atoms with Gasteiger partial charge in [0.15, 0.2) is 0 Å². The minimum absolute atomic E-state index is 0.0331. The van der Waals surface area contributed by atoms with Crippen LogP contribution in [0, 0.1) is 0 Å². The van der Waals surface area contributed by atoms with Crippen LogP contribution in [0.15, 0.2) is 11.8 Å². The molecule has 2 unspecified atom stereocenters. The first-order valence-corrected chi connectivity index (χ1v) is 4.57. The highest BCUT2D eigenvalue weighted by atomic mass is 19.4. The Bertz CT molecular complexity index is 225. The van der Waals surface area contributed by atoms with Gasteiger partial charge in [0.1, 0.15) is 5.76 Å². The number of rotatable bonds is 2. The Morgan fingerprint density at radius 1 is 1.64 bits per heavy atom. The molecule has 1 aliphatic heterocycles. The Kier molecular flexibility index (Phi) is 3.42. The van der Waals surface area contributed by atoms with Crippen molar-refractivity contribution in [3.05, 3.63) is 11.8 Å². The van der Waals surface area contributed by atoms with E-state index < -0.39 is 18.6 Å². The fraction of sp³-hybridized carbons (Fsp3) is 0.778. The molecular weight excluding hydrogens is 195 g/mol. The predicted octanol–water partition coefficient (Wildman–Crippen LogP) is 2.35. The first kappa shape index (κ1) is 11.4. The predicted molar refractivity (Wildman–Crippen MR) is 46.5 cm³/mol. The molecule has 0 spiro atoms. The Labute approximate surface area is 80.9 Å². The molecule has 0 amide bonds. The number of alkyl halides is 3. The number of hydrogen-bond donors (Lipinski definition) is 1. The minimum atomic E-state index is -4.23. The number of nitrogens with two attached hydrogens (primary N) is 1. The van der Waals surface area contributed by atoms with Crippen molar-refractivity contribution >= 4 is 0 Å². The standard InChI is InChI=1S/C9H14F3NO/c1-6-3-2-4-8(14-6)7(13)5-9(10,11)12/h4,6-7H,2-3,5,13H2,1H3. The summed E-state index contributed by atoms with van der Waals surface area (Å²) in [4.78, 5) is 0. The van der Waals surface area contributed by atoms with Crippen molar-refractivity contribution in [2.75, 3.05) is 0 Å². The smallest absolute Gasteiger partial charge is 0.391 e. The molecule has 0 saturated carbocycles. The fourth-order valence-electron chi connectivity index (χ4n) is 1.39. The van der Waals surface area contributed by atoms with Gasteiger partial charge in [-0.25, -0.2) is 0 Å². The van der Waals surface area contributed by atoms with Gasteiger partial charge in [0, 0.05) is 0 Å². The van der Waals surface area contributed by atoms with Crippen LogP contribution in [0.4, 0.5) is 13.2 Å². The van der Waals surface area contributed by atoms with E-state index in [4.69, 9.17) is 10.5 Å². The summed E-state index contributed by atoms with van der Waals surface area (Å²) >= 11 is 0. The first-order chi connectivity index (χ1) is 6.38. The summed E-state index contributed by atoms with van der Waals surface area (Å²) in [6, 6.07) is -1.06. The summed E-state index contributed by atoms with van der Waals surface area (Å²) in [7, 11) is 0. The highest BCUT2D eigenvalue weighted by Crippen LogP contribution is 2.26. The zero-order valence-electron chi connectivity index (χ0n) is 7.97. The molecule has 0 fully saturated rings. The first-order valence-electron chi connectivity index (χ1n) is 4.57. The van der Waals surface area contributed by atoms with E-state index in [1.807, 2.05) is 6.92 Å². The zero-order valence-corrected chi connectivity index (χ0v) is 7.97. The number of halogens is 3. The Balaban J connectivity index is 2.52. The van der Waals surface area contributed by atoms with Crippen LogP contribution in [0.1, 0.15) is 26.2 Å². The quantitative estimate of drug-likeness (QED) is 0.757. The number of allylic oxidation sites excluding steroid dienone is 1. The van der Waals surface area contributed by atoms with Gasteiger partial charge in [0.25, 0.3) is 0 Å². The third-order valence-electron chi connectivity index (χ3n) is 2.07. The van der Waals surface area contributed by atoms with Gasteiger partial charge in [-0.2, -0.15) is 13.2 Å². The maximum Gasteiger partial charge on any atom is 0.391 e. The molecule has 2 nitrogen and oxygen atoms in total. The van der Waals surface area contributed by atoms with Gasteiger partial charge >= 0.3 is 6.18 Å². The molecule has 0 saturated heterocycles. The van der Waals surface area contributed by atoms with Crippen molar-refractivity contribution in [2.45, 2.75) is 44.5 Å². The second-order valence-corrected chi connectivity index (χ2v) is 3.54. The molecule has 0 aromatic heterocycles. The highest BCUT2D eigenvalue weighted by molar-refractivity contribution is 5.05. The Hall–Kier alpha value is -0.710. The molecule has 0 aromatic rings. The van der Waals surface area contributed by atoms with E-state index in [0.717, 1.165) is 12.8 Å². The second-order valence-electron chi connectivity index (χ2n) is 3.54. The Morgan fingerprint density at radius 3 is 2.79 bits per heavy atom. The third kappa shape index (κ3) is 3.57. The summed E-state index contributed by atoms with van der Waals surface area (Å²) in [6.45, 7) is 1.83. The SMILES string of the molecule is CC1CCC=C(C(N)CC(F)(F)F)O1. The average Bonchev–Trinajstić information content (AvgIpc) is 2.01. The van der Waals surface area contributed by atoms with Crippen molar-refractivity contribution in [3.8, 4) is 0 Å². The third-order valence-corrected chi connectivity index (χ3v) is 2.07. The van der Waals surface area contributed by atoms with E-state index in [9.17, 15) is 13.2 Å². The van der Waals surface area contributed by atoms with E-state index in [1.165, 1.54) is 0 Å². The van der Waals surface area contributed by atoms with Gasteiger partial charge in [-0.1, -0.05) is 0 Å². The lowest BCUT2D eigenvalue weighted by atomic mass is 10.1. The van der Waals surface area contributed by atoms with Gasteiger partial charge in [-0.15, -0.1) is 0 Å². The number of ether oxygens (including phenoxy) is 1. The summed E-state index contributed by atoms with van der Waals surface area (Å²) < 4.78 is 41.2. The van der Waals surface area contributed by atoms with E-state index in [-0.39, 0.29) is 11.9 Å². The highest BCUT2D eigenvalue weighted by Gasteiger charge is 2.33. The monoisotopic (exact) mass is 209 g/mol. The molecule has 0 bridgehead atoms. The largest absolute Gasteiger partial charge is 0.494 e. The van der Waals surface area contributed by atoms with E-state index in [0.29, 0.717) is 0 Å². The topological polar surface area (TPSA) is 35.2 Å². The molecule has 0 aromatic carbocycles. The maximum atomic E-state index is 12.0. The van der Waals surface area contributed by atoms with Crippen LogP contribution in [0.2, 0.25) is 0 Å². The molecule has 2 N–H and O–H groups in total. The Morgan fingerprint density at radius 2 is 2.29 bits per heavy atom. The number of hydrogen-bond acceptors (Lipinski definition) is 2. The van der Waals surface area contributed by atoms with E-state index in [1.54, 1.807) is 6.08 Å². The van der Waals surface area contributed by atoms with Crippen LogP contribution in [-0.2, 0) is 4.74 Å². The molecule has 82 valence electrons. The average molecular weight is 209 g/mol. The summed E-state index contributed by atoms with van der Waals surface area (Å²) in [5, 5.41) is 0. The lowest BCUT2D eigenvalue weighted by molar-refractivity contribution is -0.138. The molecule has 1 aliphatic rings. The van der Waals surface area contributed by atoms with Crippen LogP contribution in [0.25, 0.3) is 0 Å². The lowest BCUT2D eigenvalue weighted by Gasteiger charge is -2.25. The zero-order chi connectivity index (χ0) is 10.8. The minimum Gasteiger partial charge on any atom is -0.494 e. The van der Waals surface area contributed by atoms with Gasteiger partial charge in [0.05, 0.1) is 18.6 Å². The van der Waals surface area contributed by atoms with Crippen molar-refractivity contribution in [1.82, 2.24) is 0 Å². The maximum absolute atomic E-state index is 12.0. The van der Waals surface area contributed by atoms with Gasteiger partial charge in [-0.05, 0) is 25.8 Å². The fourth-order valence-corrected chi connectivity index (χ4v) is 1.39. The van der Waals surface area contributed by atoms with E-state index in [2.05, 4.69) is 0 Å². The summed E-state index contributed by atoms with van der Waals surface area (Å²) in [5.74, 6) is 0.279. The lowest BCUT2D eigenvalue weighted by Crippen LogP contribution is -2.33. The van der Waals surface area contributed by atoms with Gasteiger partial charge in [0.2, 0.25) is 0 Å². The van der Waals surface area contributed by atoms with Crippen LogP contribution >= 0.6 is 0 Å². The molecule has 0 aliphatic carbocycles. The second kappa shape index (κ2) is 4.21. The van der Waals surface area contributed by atoms with Crippen molar-refractivity contribution in [2.24, 2.45) is 5.73 Å². The van der Waals surface area contributed by atoms with Gasteiger partial charge < -0.3 is 10.5 Å². The van der Waals surface area contributed by atoms with Crippen LogP contribution in [0.3, 0.4) is 0 Å². The molecule has 5 heteroatoms. The van der Waals surface area contributed by atoms with E-state index >= 15 is 0 Å². The van der Waals surface area contributed by atoms with Crippen molar-refractivity contribution < 1.29 is 17.9 Å². The molecule has 14 heavy (non-hydrogen) atoms. The van der Waals surface area contributed by atoms with Crippen LogP contribution in [0.5, 0.6) is 0 Å². The van der Waals surface area contributed by atoms with Crippen LogP contribution < -0.4 is 5.73 Å². The summed E-state index contributed by atoms with van der Waals surface area (Å²) in [6.07, 6.45) is -2.06.